The van der Waals surface area contributed by atoms with Crippen LogP contribution in [0.5, 0.6) is 0 Å². The average molecular weight is 254 g/mol. The van der Waals surface area contributed by atoms with E-state index in [1.54, 1.807) is 0 Å². The molecule has 0 aromatic heterocycles. The van der Waals surface area contributed by atoms with Gasteiger partial charge in [-0.1, -0.05) is 23.7 Å². The van der Waals surface area contributed by atoms with Gasteiger partial charge in [0.2, 0.25) is 0 Å². The fourth-order valence-corrected chi connectivity index (χ4v) is 2.47. The zero-order valence-corrected chi connectivity index (χ0v) is 11.1. The Bertz CT molecular complexity index is 363. The summed E-state index contributed by atoms with van der Waals surface area (Å²) >= 11 is 5.96. The highest BCUT2D eigenvalue weighted by atomic mass is 35.5. The fraction of sp³-hybridized carbons (Fsp3) is 0.571. The first kappa shape index (κ1) is 12.9. The number of hydrogen-bond donors (Lipinski definition) is 1. The third-order valence-corrected chi connectivity index (χ3v) is 3.76. The van der Waals surface area contributed by atoms with Crippen molar-refractivity contribution in [1.29, 1.82) is 0 Å². The van der Waals surface area contributed by atoms with Crippen LogP contribution in [-0.2, 0) is 11.3 Å². The molecule has 2 rings (SSSR count). The van der Waals surface area contributed by atoms with Gasteiger partial charge in [-0.05, 0) is 57.0 Å². The molecule has 1 saturated carbocycles. The molecule has 0 heterocycles. The Hall–Kier alpha value is -0.570. The number of nitrogens with one attached hydrogen (secondary N) is 1. The molecule has 0 aliphatic heterocycles. The molecule has 1 N–H and O–H groups in total. The summed E-state index contributed by atoms with van der Waals surface area (Å²) in [5.41, 5.74) is 1.28. The zero-order chi connectivity index (χ0) is 12.1. The van der Waals surface area contributed by atoms with Gasteiger partial charge in [0, 0.05) is 5.02 Å². The van der Waals surface area contributed by atoms with E-state index < -0.39 is 0 Å². The van der Waals surface area contributed by atoms with Crippen molar-refractivity contribution in [1.82, 2.24) is 5.32 Å². The summed E-state index contributed by atoms with van der Waals surface area (Å²) in [6.07, 6.45) is 4.77. The van der Waals surface area contributed by atoms with Gasteiger partial charge in [-0.15, -0.1) is 0 Å². The smallest absolute Gasteiger partial charge is 0.0724 e. The first-order valence-corrected chi connectivity index (χ1v) is 6.65. The van der Waals surface area contributed by atoms with Crippen molar-refractivity contribution in [3.05, 3.63) is 34.9 Å². The molecule has 2 nitrogen and oxygen atoms in total. The zero-order valence-electron chi connectivity index (χ0n) is 10.3. The monoisotopic (exact) mass is 253 g/mol. The summed E-state index contributed by atoms with van der Waals surface area (Å²) in [7, 11) is 1.99. The minimum absolute atomic E-state index is 0.116. The van der Waals surface area contributed by atoms with Crippen molar-refractivity contribution < 1.29 is 4.74 Å². The molecule has 1 aliphatic rings. The van der Waals surface area contributed by atoms with E-state index in [4.69, 9.17) is 16.3 Å². The van der Waals surface area contributed by atoms with Crippen LogP contribution in [-0.4, -0.2) is 19.2 Å². The minimum atomic E-state index is 0.116. The third-order valence-electron chi connectivity index (χ3n) is 3.53. The second-order valence-corrected chi connectivity index (χ2v) is 5.25. The van der Waals surface area contributed by atoms with Crippen molar-refractivity contribution in [3.8, 4) is 0 Å². The Labute approximate surface area is 108 Å². The SMILES string of the molecule is CNCCC1(OCc2cccc(Cl)c2)CCC1. The predicted octanol–water partition coefficient (Wildman–Crippen LogP) is 3.39. The predicted molar refractivity (Wildman–Crippen MR) is 71.4 cm³/mol. The summed E-state index contributed by atoms with van der Waals surface area (Å²) in [6, 6.07) is 7.91. The Kier molecular flexibility index (Phi) is 4.43. The largest absolute Gasteiger partial charge is 0.370 e. The second kappa shape index (κ2) is 5.85. The summed E-state index contributed by atoms with van der Waals surface area (Å²) in [4.78, 5) is 0. The van der Waals surface area contributed by atoms with Gasteiger partial charge < -0.3 is 10.1 Å². The number of benzene rings is 1. The number of halogens is 1. The van der Waals surface area contributed by atoms with Crippen LogP contribution in [0.15, 0.2) is 24.3 Å². The maximum absolute atomic E-state index is 6.11. The Morgan fingerprint density at radius 2 is 2.24 bits per heavy atom. The molecule has 0 saturated heterocycles. The van der Waals surface area contributed by atoms with Crippen LogP contribution >= 0.6 is 11.6 Å². The van der Waals surface area contributed by atoms with Gasteiger partial charge >= 0.3 is 0 Å². The van der Waals surface area contributed by atoms with Gasteiger partial charge in [0.1, 0.15) is 0 Å². The highest BCUT2D eigenvalue weighted by Crippen LogP contribution is 2.39. The van der Waals surface area contributed by atoms with E-state index in [9.17, 15) is 0 Å². The quantitative estimate of drug-likeness (QED) is 0.839. The lowest BCUT2D eigenvalue weighted by Crippen LogP contribution is -2.42. The van der Waals surface area contributed by atoms with E-state index in [0.717, 1.165) is 23.6 Å². The lowest BCUT2D eigenvalue weighted by Gasteiger charge is -2.42. The minimum Gasteiger partial charge on any atom is -0.370 e. The molecule has 0 spiro atoms. The molecule has 1 aromatic rings. The summed E-state index contributed by atoms with van der Waals surface area (Å²) < 4.78 is 6.11. The molecule has 0 unspecified atom stereocenters. The van der Waals surface area contributed by atoms with Gasteiger partial charge in [0.05, 0.1) is 12.2 Å². The molecule has 94 valence electrons. The molecule has 0 bridgehead atoms. The summed E-state index contributed by atoms with van der Waals surface area (Å²) in [5, 5.41) is 3.98. The van der Waals surface area contributed by atoms with Crippen LogP contribution in [0.3, 0.4) is 0 Å². The topological polar surface area (TPSA) is 21.3 Å². The number of rotatable bonds is 6. The highest BCUT2D eigenvalue weighted by molar-refractivity contribution is 6.30. The molecule has 1 aromatic carbocycles. The first-order chi connectivity index (χ1) is 8.24. The van der Waals surface area contributed by atoms with Gasteiger partial charge in [0.15, 0.2) is 0 Å². The standard InChI is InChI=1S/C14H20ClNO/c1-16-9-8-14(6-3-7-14)17-11-12-4-2-5-13(15)10-12/h2,4-5,10,16H,3,6-9,11H2,1H3. The van der Waals surface area contributed by atoms with Crippen LogP contribution in [0.25, 0.3) is 0 Å². The van der Waals surface area contributed by atoms with Crippen LogP contribution in [0.1, 0.15) is 31.2 Å². The van der Waals surface area contributed by atoms with Gasteiger partial charge in [-0.3, -0.25) is 0 Å². The van der Waals surface area contributed by atoms with Gasteiger partial charge in [-0.2, -0.15) is 0 Å². The molecule has 0 atom stereocenters. The van der Waals surface area contributed by atoms with Crippen molar-refractivity contribution in [3.63, 3.8) is 0 Å². The van der Waals surface area contributed by atoms with Gasteiger partial charge in [-0.25, -0.2) is 0 Å². The van der Waals surface area contributed by atoms with Crippen molar-refractivity contribution >= 4 is 11.6 Å². The third kappa shape index (κ3) is 3.44. The van der Waals surface area contributed by atoms with E-state index >= 15 is 0 Å². The lowest BCUT2D eigenvalue weighted by molar-refractivity contribution is -0.113. The van der Waals surface area contributed by atoms with Gasteiger partial charge in [0.25, 0.3) is 0 Å². The van der Waals surface area contributed by atoms with Crippen LogP contribution < -0.4 is 5.32 Å². The van der Waals surface area contributed by atoms with E-state index in [1.807, 2.05) is 25.2 Å². The highest BCUT2D eigenvalue weighted by Gasteiger charge is 2.37. The number of ether oxygens (including phenoxy) is 1. The first-order valence-electron chi connectivity index (χ1n) is 6.27. The Morgan fingerprint density at radius 3 is 2.82 bits per heavy atom. The van der Waals surface area contributed by atoms with E-state index in [1.165, 1.54) is 19.3 Å². The lowest BCUT2D eigenvalue weighted by atomic mass is 9.77. The van der Waals surface area contributed by atoms with Crippen molar-refractivity contribution in [2.24, 2.45) is 0 Å². The molecule has 1 aliphatic carbocycles. The maximum atomic E-state index is 6.11. The van der Waals surface area contributed by atoms with Crippen LogP contribution in [0.4, 0.5) is 0 Å². The molecule has 0 radical (unpaired) electrons. The van der Waals surface area contributed by atoms with Crippen LogP contribution in [0.2, 0.25) is 5.02 Å². The molecule has 17 heavy (non-hydrogen) atoms. The normalized spacial score (nSPS) is 17.8. The van der Waals surface area contributed by atoms with E-state index in [0.29, 0.717) is 6.61 Å². The Balaban J connectivity index is 1.87. The Morgan fingerprint density at radius 1 is 1.41 bits per heavy atom. The maximum Gasteiger partial charge on any atom is 0.0724 e. The van der Waals surface area contributed by atoms with Crippen LogP contribution in [0, 0.1) is 0 Å². The molecule has 0 amide bonds. The molecule has 1 fully saturated rings. The van der Waals surface area contributed by atoms with E-state index in [-0.39, 0.29) is 5.60 Å². The summed E-state index contributed by atoms with van der Waals surface area (Å²) in [6.45, 7) is 1.69. The van der Waals surface area contributed by atoms with Crippen molar-refractivity contribution in [2.75, 3.05) is 13.6 Å². The fourth-order valence-electron chi connectivity index (χ4n) is 2.25. The second-order valence-electron chi connectivity index (χ2n) is 4.81. The summed E-state index contributed by atoms with van der Waals surface area (Å²) in [5.74, 6) is 0. The van der Waals surface area contributed by atoms with Crippen molar-refractivity contribution in [2.45, 2.75) is 37.9 Å². The average Bonchev–Trinajstić information content (AvgIpc) is 2.27. The number of hydrogen-bond acceptors (Lipinski definition) is 2. The molecule has 3 heteroatoms. The van der Waals surface area contributed by atoms with E-state index in [2.05, 4.69) is 11.4 Å². The molecular weight excluding hydrogens is 234 g/mol. The molecular formula is C14H20ClNO.